The largest absolute Gasteiger partial charge is 0.366 e. The molecular formula is C34H37BN8O3. The van der Waals surface area contributed by atoms with Gasteiger partial charge in [-0.3, -0.25) is 19.3 Å². The van der Waals surface area contributed by atoms with Crippen LogP contribution in [0.15, 0.2) is 82.6 Å². The first-order chi connectivity index (χ1) is 22.0. The van der Waals surface area contributed by atoms with E-state index in [0.717, 1.165) is 37.6 Å². The van der Waals surface area contributed by atoms with Gasteiger partial charge in [-0.25, -0.2) is 9.97 Å². The summed E-state index contributed by atoms with van der Waals surface area (Å²) in [6.07, 6.45) is 6.59. The molecule has 6 rings (SSSR count). The maximum atomic E-state index is 13.5. The highest BCUT2D eigenvalue weighted by Gasteiger charge is 2.29. The van der Waals surface area contributed by atoms with Gasteiger partial charge in [0.05, 0.1) is 11.7 Å². The van der Waals surface area contributed by atoms with Gasteiger partial charge >= 0.3 is 0 Å². The first-order valence-electron chi connectivity index (χ1n) is 15.3. The fourth-order valence-electron chi connectivity index (χ4n) is 6.45. The number of nitrogens with one attached hydrogen (secondary N) is 1. The van der Waals surface area contributed by atoms with Gasteiger partial charge in [0.1, 0.15) is 25.9 Å². The summed E-state index contributed by atoms with van der Waals surface area (Å²) in [5, 5.41) is 3.38. The third kappa shape index (κ3) is 5.88. The van der Waals surface area contributed by atoms with Crippen molar-refractivity contribution in [1.82, 2.24) is 24.0 Å². The third-order valence-corrected chi connectivity index (χ3v) is 9.00. The van der Waals surface area contributed by atoms with Crippen LogP contribution >= 0.6 is 0 Å². The van der Waals surface area contributed by atoms with Crippen LogP contribution in [0, 0.1) is 6.92 Å². The average Bonchev–Trinajstić information content (AvgIpc) is 3.53. The second-order valence-electron chi connectivity index (χ2n) is 12.2. The van der Waals surface area contributed by atoms with Crippen molar-refractivity contribution < 1.29 is 9.59 Å². The lowest BCUT2D eigenvalue weighted by molar-refractivity contribution is -0.116. The highest BCUT2D eigenvalue weighted by Crippen LogP contribution is 2.39. The lowest BCUT2D eigenvalue weighted by atomic mass is 9.80. The normalized spacial score (nSPS) is 18.7. The van der Waals surface area contributed by atoms with Gasteiger partial charge in [-0.15, -0.1) is 5.47 Å². The second kappa shape index (κ2) is 12.4. The first kappa shape index (κ1) is 31.0. The number of nitrogens with two attached hydrogens (primary N) is 1. The number of hydrogen-bond acceptors (Lipinski definition) is 7. The van der Waals surface area contributed by atoms with E-state index < -0.39 is 11.8 Å². The molecule has 234 valence electrons. The smallest absolute Gasteiger partial charge is 0.262 e. The zero-order chi connectivity index (χ0) is 32.7. The lowest BCUT2D eigenvalue weighted by Crippen LogP contribution is -2.51. The van der Waals surface area contributed by atoms with E-state index in [2.05, 4.69) is 51.3 Å². The van der Waals surface area contributed by atoms with Crippen molar-refractivity contribution in [3.8, 4) is 0 Å². The van der Waals surface area contributed by atoms with Crippen molar-refractivity contribution >= 4 is 42.2 Å². The molecule has 0 saturated carbocycles. The molecule has 1 aliphatic heterocycles. The molecule has 11 nitrogen and oxygen atoms in total. The Morgan fingerprint density at radius 3 is 2.59 bits per heavy atom. The number of rotatable bonds is 8. The van der Waals surface area contributed by atoms with E-state index in [-0.39, 0.29) is 24.1 Å². The number of hydrogen-bond donors (Lipinski definition) is 2. The van der Waals surface area contributed by atoms with Crippen molar-refractivity contribution in [2.24, 2.45) is 12.8 Å². The van der Waals surface area contributed by atoms with E-state index in [9.17, 15) is 14.4 Å². The van der Waals surface area contributed by atoms with Crippen molar-refractivity contribution in [3.05, 3.63) is 105 Å². The van der Waals surface area contributed by atoms with Crippen LogP contribution in [-0.2, 0) is 29.7 Å². The molecule has 0 spiro atoms. The van der Waals surface area contributed by atoms with Gasteiger partial charge in [0.2, 0.25) is 11.8 Å². The number of anilines is 2. The molecule has 2 aliphatic rings. The summed E-state index contributed by atoms with van der Waals surface area (Å²) < 4.78 is 3.02. The molecule has 1 saturated heterocycles. The van der Waals surface area contributed by atoms with Crippen molar-refractivity contribution in [2.75, 3.05) is 29.9 Å². The molecule has 2 amide bonds. The number of amides is 2. The number of piperazine rings is 1. The first-order valence-corrected chi connectivity index (χ1v) is 15.3. The van der Waals surface area contributed by atoms with Crippen LogP contribution < -0.4 is 21.5 Å². The van der Waals surface area contributed by atoms with Crippen LogP contribution in [0.4, 0.5) is 11.5 Å². The van der Waals surface area contributed by atoms with Crippen molar-refractivity contribution in [3.63, 3.8) is 0 Å². The molecule has 46 heavy (non-hydrogen) atoms. The zero-order valence-electron chi connectivity index (χ0n) is 26.5. The molecule has 0 bridgehead atoms. The SMILES string of the molecule is [B]C1=C(C)C(C(N)=O)=CC1c1cn(CC(=O)Nc2cc(N3CCN(Cc4ccccc4)CC3C)ncc2C)c2ncn(C)c(=O)c12. The minimum absolute atomic E-state index is 0.0932. The Bertz CT molecular complexity index is 1960. The zero-order valence-corrected chi connectivity index (χ0v) is 26.5. The van der Waals surface area contributed by atoms with E-state index in [1.165, 1.54) is 16.5 Å². The topological polar surface area (TPSA) is 131 Å². The molecule has 3 aromatic heterocycles. The van der Waals surface area contributed by atoms with Crippen molar-refractivity contribution in [2.45, 2.75) is 45.8 Å². The number of carbonyl (C=O) groups excluding carboxylic acids is 2. The quantitative estimate of drug-likeness (QED) is 0.291. The summed E-state index contributed by atoms with van der Waals surface area (Å²) in [6.45, 7) is 9.26. The summed E-state index contributed by atoms with van der Waals surface area (Å²) in [5.41, 5.74) is 10.3. The highest BCUT2D eigenvalue weighted by molar-refractivity contribution is 6.25. The Morgan fingerprint density at radius 1 is 1.13 bits per heavy atom. The number of aryl methyl sites for hydroxylation is 2. The lowest BCUT2D eigenvalue weighted by Gasteiger charge is -2.40. The molecule has 2 atom stereocenters. The molecule has 2 unspecified atom stereocenters. The predicted molar refractivity (Wildman–Crippen MR) is 180 cm³/mol. The molecule has 4 aromatic rings. The molecule has 1 aromatic carbocycles. The molecule has 4 heterocycles. The van der Waals surface area contributed by atoms with Crippen LogP contribution in [-0.4, -0.2) is 69.3 Å². The second-order valence-corrected chi connectivity index (χ2v) is 12.2. The fourth-order valence-corrected chi connectivity index (χ4v) is 6.45. The molecule has 2 radical (unpaired) electrons. The van der Waals surface area contributed by atoms with Crippen LogP contribution in [0.5, 0.6) is 0 Å². The Labute approximate surface area is 268 Å². The average molecular weight is 617 g/mol. The summed E-state index contributed by atoms with van der Waals surface area (Å²) in [5.74, 6) is -0.618. The number of nitrogens with zero attached hydrogens (tertiary/aromatic N) is 6. The van der Waals surface area contributed by atoms with Gasteiger partial charge in [-0.1, -0.05) is 36.4 Å². The van der Waals surface area contributed by atoms with Crippen molar-refractivity contribution in [1.29, 1.82) is 0 Å². The van der Waals surface area contributed by atoms with Gasteiger partial charge in [-0.05, 0) is 43.0 Å². The van der Waals surface area contributed by atoms with Crippen LogP contribution in [0.25, 0.3) is 11.0 Å². The summed E-state index contributed by atoms with van der Waals surface area (Å²) in [7, 11) is 8.02. The molecule has 3 N–H and O–H groups in total. The van der Waals surface area contributed by atoms with Gasteiger partial charge < -0.3 is 25.1 Å². The number of carbonyl (C=O) groups is 2. The number of primary amides is 1. The number of pyridine rings is 1. The molecule has 1 aliphatic carbocycles. The minimum atomic E-state index is -0.590. The van der Waals surface area contributed by atoms with E-state index in [4.69, 9.17) is 18.6 Å². The van der Waals surface area contributed by atoms with Gasteiger partial charge in [-0.2, -0.15) is 0 Å². The summed E-state index contributed by atoms with van der Waals surface area (Å²) in [6, 6.07) is 12.6. The number of aromatic nitrogens is 4. The minimum Gasteiger partial charge on any atom is -0.366 e. The Morgan fingerprint density at radius 2 is 1.89 bits per heavy atom. The monoisotopic (exact) mass is 616 g/mol. The molecule has 12 heteroatoms. The number of fused-ring (bicyclic) bond motifs is 1. The van der Waals surface area contributed by atoms with E-state index in [0.29, 0.717) is 38.9 Å². The maximum Gasteiger partial charge on any atom is 0.262 e. The Kier molecular flexibility index (Phi) is 8.39. The maximum absolute atomic E-state index is 13.5. The summed E-state index contributed by atoms with van der Waals surface area (Å²) >= 11 is 0. The summed E-state index contributed by atoms with van der Waals surface area (Å²) in [4.78, 5) is 52.7. The van der Waals surface area contributed by atoms with Crippen LogP contribution in [0.2, 0.25) is 0 Å². The molecular weight excluding hydrogens is 579 g/mol. The molecule has 1 fully saturated rings. The standard InChI is InChI=1S/C34H37BN8O3/c1-20-14-37-28(43-11-10-41(15-21(43)2)16-23-8-6-5-7-9-23)13-27(20)39-29(44)18-42-17-26(30-33(42)38-19-40(4)34(30)46)25-12-24(32(36)45)22(3)31(25)35/h5-9,12-14,17,19,21,25H,10-11,15-16,18H2,1-4H3,(H2,36,45)(H,37,39,44). The fraction of sp³-hybridized carbons (Fsp3) is 0.324. The Hall–Kier alpha value is -4.97. The van der Waals surface area contributed by atoms with Crippen LogP contribution in [0.1, 0.15) is 36.5 Å². The van der Waals surface area contributed by atoms with E-state index in [1.54, 1.807) is 37.0 Å². The van der Waals surface area contributed by atoms with E-state index in [1.807, 2.05) is 19.1 Å². The van der Waals surface area contributed by atoms with Gasteiger partial charge in [0.15, 0.2) is 0 Å². The number of allylic oxidation sites excluding steroid dienone is 2. The van der Waals surface area contributed by atoms with Crippen LogP contribution in [0.3, 0.4) is 0 Å². The Balaban J connectivity index is 1.22. The third-order valence-electron chi connectivity index (χ3n) is 9.00. The highest BCUT2D eigenvalue weighted by atomic mass is 16.2. The van der Waals surface area contributed by atoms with Gasteiger partial charge in [0.25, 0.3) is 5.56 Å². The van der Waals surface area contributed by atoms with Gasteiger partial charge in [0, 0.05) is 74.9 Å². The number of benzene rings is 1. The predicted octanol–water partition coefficient (Wildman–Crippen LogP) is 2.74. The van der Waals surface area contributed by atoms with E-state index >= 15 is 0 Å².